The highest BCUT2D eigenvalue weighted by Gasteiger charge is 2.38. The molecule has 2 atom stereocenters. The molecule has 1 saturated heterocycles. The summed E-state index contributed by atoms with van der Waals surface area (Å²) in [6.07, 6.45) is -4.73. The highest BCUT2D eigenvalue weighted by atomic mass is 19.4. The van der Waals surface area contributed by atoms with Gasteiger partial charge < -0.3 is 15.4 Å². The second kappa shape index (κ2) is 6.39. The molecule has 1 aliphatic heterocycles. The van der Waals surface area contributed by atoms with E-state index in [1.807, 2.05) is 6.92 Å². The number of rotatable bonds is 4. The Morgan fingerprint density at radius 3 is 2.65 bits per heavy atom. The Kier molecular flexibility index (Phi) is 4.89. The van der Waals surface area contributed by atoms with Crippen molar-refractivity contribution < 1.29 is 22.7 Å². The zero-order chi connectivity index (χ0) is 17.3. The van der Waals surface area contributed by atoms with Crippen LogP contribution in [0.15, 0.2) is 24.3 Å². The monoisotopic (exact) mass is 330 g/mol. The van der Waals surface area contributed by atoms with Crippen LogP contribution in [0.3, 0.4) is 0 Å². The van der Waals surface area contributed by atoms with Gasteiger partial charge in [0.25, 0.3) is 5.91 Å². The number of carbonyl (C=O) groups is 1. The van der Waals surface area contributed by atoms with E-state index in [4.69, 9.17) is 10.5 Å². The van der Waals surface area contributed by atoms with Gasteiger partial charge in [0.2, 0.25) is 0 Å². The lowest BCUT2D eigenvalue weighted by atomic mass is 9.90. The van der Waals surface area contributed by atoms with E-state index in [1.165, 1.54) is 25.1 Å². The van der Waals surface area contributed by atoms with E-state index < -0.39 is 17.8 Å². The van der Waals surface area contributed by atoms with Crippen molar-refractivity contribution in [2.75, 3.05) is 19.6 Å². The van der Waals surface area contributed by atoms with Crippen molar-refractivity contribution in [3.05, 3.63) is 29.8 Å². The number of nitrogens with two attached hydrogens (primary N) is 1. The third-order valence-electron chi connectivity index (χ3n) is 4.21. The Bertz CT molecular complexity index is 577. The number of benzene rings is 1. The number of amides is 1. The number of likely N-dealkylation sites (tertiary alicyclic amines) is 1. The summed E-state index contributed by atoms with van der Waals surface area (Å²) in [7, 11) is 0. The molecule has 1 aromatic carbocycles. The predicted octanol–water partition coefficient (Wildman–Crippen LogP) is 2.67. The molecule has 1 aromatic rings. The maximum absolute atomic E-state index is 13.0. The SMILES string of the molecule is CC(Oc1ccccc1C(F)(F)F)C(=O)N1CCC(C)(CN)C1. The fraction of sp³-hybridized carbons (Fsp3) is 0.562. The Hall–Kier alpha value is -1.76. The number of halogens is 3. The van der Waals surface area contributed by atoms with Crippen molar-refractivity contribution in [2.45, 2.75) is 32.5 Å². The van der Waals surface area contributed by atoms with Crippen LogP contribution in [0.5, 0.6) is 5.75 Å². The highest BCUT2D eigenvalue weighted by Crippen LogP contribution is 2.36. The van der Waals surface area contributed by atoms with E-state index in [1.54, 1.807) is 4.90 Å². The molecule has 1 heterocycles. The van der Waals surface area contributed by atoms with Gasteiger partial charge in [-0.1, -0.05) is 19.1 Å². The van der Waals surface area contributed by atoms with Gasteiger partial charge in [-0.3, -0.25) is 4.79 Å². The van der Waals surface area contributed by atoms with Crippen LogP contribution in [-0.4, -0.2) is 36.5 Å². The first kappa shape index (κ1) is 17.6. The number of carbonyl (C=O) groups excluding carboxylic acids is 1. The van der Waals surface area contributed by atoms with Crippen molar-refractivity contribution in [1.29, 1.82) is 0 Å². The second-order valence-electron chi connectivity index (χ2n) is 6.28. The van der Waals surface area contributed by atoms with Gasteiger partial charge in [-0.2, -0.15) is 13.2 Å². The maximum Gasteiger partial charge on any atom is 0.419 e. The Morgan fingerprint density at radius 1 is 1.43 bits per heavy atom. The summed E-state index contributed by atoms with van der Waals surface area (Å²) in [5.74, 6) is -0.652. The van der Waals surface area contributed by atoms with Crippen LogP contribution in [-0.2, 0) is 11.0 Å². The van der Waals surface area contributed by atoms with Crippen LogP contribution in [0.4, 0.5) is 13.2 Å². The molecular weight excluding hydrogens is 309 g/mol. The quantitative estimate of drug-likeness (QED) is 0.923. The molecule has 4 nitrogen and oxygen atoms in total. The van der Waals surface area contributed by atoms with E-state index in [-0.39, 0.29) is 17.1 Å². The summed E-state index contributed by atoms with van der Waals surface area (Å²) in [5, 5.41) is 0. The molecule has 7 heteroatoms. The summed E-state index contributed by atoms with van der Waals surface area (Å²) in [6.45, 7) is 4.96. The van der Waals surface area contributed by atoms with Gasteiger partial charge in [0, 0.05) is 13.1 Å². The second-order valence-corrected chi connectivity index (χ2v) is 6.28. The minimum Gasteiger partial charge on any atom is -0.480 e. The number of hydrogen-bond donors (Lipinski definition) is 1. The average Bonchev–Trinajstić information content (AvgIpc) is 2.89. The third-order valence-corrected chi connectivity index (χ3v) is 4.21. The lowest BCUT2D eigenvalue weighted by molar-refractivity contribution is -0.143. The Morgan fingerprint density at radius 2 is 2.09 bits per heavy atom. The molecule has 0 saturated carbocycles. The van der Waals surface area contributed by atoms with E-state index in [9.17, 15) is 18.0 Å². The van der Waals surface area contributed by atoms with E-state index in [0.29, 0.717) is 19.6 Å². The molecule has 0 aromatic heterocycles. The molecule has 1 amide bonds. The molecule has 1 fully saturated rings. The average molecular weight is 330 g/mol. The molecule has 2 N–H and O–H groups in total. The number of ether oxygens (including phenoxy) is 1. The van der Waals surface area contributed by atoms with Crippen molar-refractivity contribution in [1.82, 2.24) is 4.90 Å². The summed E-state index contributed by atoms with van der Waals surface area (Å²) < 4.78 is 44.2. The number of nitrogens with zero attached hydrogens (tertiary/aromatic N) is 1. The van der Waals surface area contributed by atoms with Crippen molar-refractivity contribution in [3.63, 3.8) is 0 Å². The van der Waals surface area contributed by atoms with Crippen LogP contribution < -0.4 is 10.5 Å². The first-order valence-electron chi connectivity index (χ1n) is 7.48. The fourth-order valence-electron chi connectivity index (χ4n) is 2.68. The zero-order valence-electron chi connectivity index (χ0n) is 13.2. The number of alkyl halides is 3. The van der Waals surface area contributed by atoms with Crippen molar-refractivity contribution >= 4 is 5.91 Å². The molecule has 0 radical (unpaired) electrons. The molecular formula is C16H21F3N2O2. The van der Waals surface area contributed by atoms with Gasteiger partial charge in [0.05, 0.1) is 5.56 Å². The van der Waals surface area contributed by atoms with Crippen molar-refractivity contribution in [3.8, 4) is 5.75 Å². The third kappa shape index (κ3) is 3.96. The Balaban J connectivity index is 2.08. The van der Waals surface area contributed by atoms with E-state index >= 15 is 0 Å². The fourth-order valence-corrected chi connectivity index (χ4v) is 2.68. The van der Waals surface area contributed by atoms with E-state index in [2.05, 4.69) is 0 Å². The minimum absolute atomic E-state index is 0.140. The van der Waals surface area contributed by atoms with Crippen LogP contribution in [0.25, 0.3) is 0 Å². The van der Waals surface area contributed by atoms with Gasteiger partial charge >= 0.3 is 6.18 Å². The predicted molar refractivity (Wildman–Crippen MR) is 79.9 cm³/mol. The normalized spacial score (nSPS) is 23.0. The molecule has 0 aliphatic carbocycles. The first-order chi connectivity index (χ1) is 10.7. The van der Waals surface area contributed by atoms with Crippen LogP contribution in [0.1, 0.15) is 25.8 Å². The molecule has 23 heavy (non-hydrogen) atoms. The maximum atomic E-state index is 13.0. The van der Waals surface area contributed by atoms with Gasteiger partial charge in [-0.05, 0) is 37.4 Å². The van der Waals surface area contributed by atoms with Gasteiger partial charge in [-0.15, -0.1) is 0 Å². The Labute approximate surface area is 133 Å². The van der Waals surface area contributed by atoms with Gasteiger partial charge in [-0.25, -0.2) is 0 Å². The summed E-state index contributed by atoms with van der Waals surface area (Å²) in [4.78, 5) is 14.0. The molecule has 1 aliphatic rings. The smallest absolute Gasteiger partial charge is 0.419 e. The summed E-state index contributed by atoms with van der Waals surface area (Å²) in [6, 6.07) is 4.90. The van der Waals surface area contributed by atoms with Crippen LogP contribution in [0.2, 0.25) is 0 Å². The molecule has 0 bridgehead atoms. The summed E-state index contributed by atoms with van der Waals surface area (Å²) in [5.41, 5.74) is 4.68. The number of hydrogen-bond acceptors (Lipinski definition) is 3. The number of para-hydroxylation sites is 1. The van der Waals surface area contributed by atoms with Gasteiger partial charge in [0.1, 0.15) is 5.75 Å². The molecule has 128 valence electrons. The van der Waals surface area contributed by atoms with Gasteiger partial charge in [0.15, 0.2) is 6.10 Å². The zero-order valence-corrected chi connectivity index (χ0v) is 13.2. The lowest BCUT2D eigenvalue weighted by Crippen LogP contribution is -2.41. The minimum atomic E-state index is -4.52. The molecule has 2 rings (SSSR count). The van der Waals surface area contributed by atoms with Crippen LogP contribution in [0, 0.1) is 5.41 Å². The lowest BCUT2D eigenvalue weighted by Gasteiger charge is -2.25. The first-order valence-corrected chi connectivity index (χ1v) is 7.48. The standard InChI is InChI=1S/C16H21F3N2O2/c1-11(14(22)21-8-7-15(2,9-20)10-21)23-13-6-4-3-5-12(13)16(17,18)19/h3-6,11H,7-10,20H2,1-2H3. The van der Waals surface area contributed by atoms with E-state index in [0.717, 1.165) is 12.5 Å². The molecule has 2 unspecified atom stereocenters. The highest BCUT2D eigenvalue weighted by molar-refractivity contribution is 5.81. The van der Waals surface area contributed by atoms with Crippen LogP contribution >= 0.6 is 0 Å². The largest absolute Gasteiger partial charge is 0.480 e. The molecule has 0 spiro atoms. The summed E-state index contributed by atoms with van der Waals surface area (Å²) >= 11 is 0. The van der Waals surface area contributed by atoms with Crippen molar-refractivity contribution in [2.24, 2.45) is 11.1 Å². The topological polar surface area (TPSA) is 55.6 Å².